The number of thiophene rings is 1. The van der Waals surface area contributed by atoms with Crippen LogP contribution in [0.4, 0.5) is 0 Å². The number of rotatable bonds is 3. The maximum Gasteiger partial charge on any atom is 0.0440 e. The van der Waals surface area contributed by atoms with Gasteiger partial charge in [0.05, 0.1) is 0 Å². The van der Waals surface area contributed by atoms with Crippen LogP contribution >= 0.6 is 22.9 Å². The van der Waals surface area contributed by atoms with Crippen LogP contribution in [0.2, 0.25) is 0 Å². The van der Waals surface area contributed by atoms with Gasteiger partial charge < -0.3 is 0 Å². The third-order valence-electron chi connectivity index (χ3n) is 5.71. The van der Waals surface area contributed by atoms with Crippen LogP contribution in [-0.2, 0) is 6.42 Å². The Hall–Kier alpha value is -0.0100. The van der Waals surface area contributed by atoms with E-state index in [1.165, 1.54) is 43.4 Å². The van der Waals surface area contributed by atoms with Crippen molar-refractivity contribution in [3.05, 3.63) is 22.4 Å². The molecule has 1 atom stereocenters. The molecule has 1 heterocycles. The number of halogens is 1. The molecular formula is C16H21ClS. The van der Waals surface area contributed by atoms with Gasteiger partial charge in [0.1, 0.15) is 0 Å². The Morgan fingerprint density at radius 2 is 1.78 bits per heavy atom. The second-order valence-electron chi connectivity index (χ2n) is 7.03. The average Bonchev–Trinajstić information content (AvgIpc) is 2.79. The van der Waals surface area contributed by atoms with E-state index in [4.69, 9.17) is 11.6 Å². The van der Waals surface area contributed by atoms with Gasteiger partial charge in [-0.1, -0.05) is 6.07 Å². The molecule has 0 N–H and O–H groups in total. The van der Waals surface area contributed by atoms with E-state index < -0.39 is 0 Å². The average molecular weight is 281 g/mol. The van der Waals surface area contributed by atoms with E-state index in [0.717, 1.165) is 24.2 Å². The topological polar surface area (TPSA) is 0 Å². The molecule has 0 spiro atoms. The monoisotopic (exact) mass is 280 g/mol. The number of alkyl halides is 1. The molecule has 1 aromatic rings. The van der Waals surface area contributed by atoms with Crippen LogP contribution in [-0.4, -0.2) is 5.38 Å². The van der Waals surface area contributed by atoms with Gasteiger partial charge in [-0.3, -0.25) is 0 Å². The molecule has 0 aromatic carbocycles. The summed E-state index contributed by atoms with van der Waals surface area (Å²) in [5.74, 6) is 3.04. The van der Waals surface area contributed by atoms with E-state index in [1.54, 1.807) is 0 Å². The van der Waals surface area contributed by atoms with Crippen molar-refractivity contribution in [1.82, 2.24) is 0 Å². The molecule has 18 heavy (non-hydrogen) atoms. The van der Waals surface area contributed by atoms with Crippen LogP contribution in [0.5, 0.6) is 0 Å². The standard InChI is InChI=1S/C16H21ClS/c17-15(7-14-2-1-3-18-14)16-8-11-4-12(9-16)6-13(5-11)10-16/h1-3,11-13,15H,4-10H2. The van der Waals surface area contributed by atoms with E-state index in [0.29, 0.717) is 10.8 Å². The molecule has 0 amide bonds. The van der Waals surface area contributed by atoms with E-state index in [2.05, 4.69) is 17.5 Å². The lowest BCUT2D eigenvalue weighted by Crippen LogP contribution is -2.50. The molecule has 1 unspecified atom stereocenters. The number of hydrogen-bond donors (Lipinski definition) is 0. The van der Waals surface area contributed by atoms with Gasteiger partial charge in [-0.05, 0) is 79.6 Å². The highest BCUT2D eigenvalue weighted by Crippen LogP contribution is 2.62. The van der Waals surface area contributed by atoms with E-state index in [-0.39, 0.29) is 0 Å². The molecule has 0 radical (unpaired) electrons. The van der Waals surface area contributed by atoms with Crippen molar-refractivity contribution in [3.63, 3.8) is 0 Å². The summed E-state index contributed by atoms with van der Waals surface area (Å²) in [6.07, 6.45) is 9.94. The molecule has 4 aliphatic carbocycles. The fourth-order valence-electron chi connectivity index (χ4n) is 5.38. The van der Waals surface area contributed by atoms with Gasteiger partial charge in [-0.15, -0.1) is 22.9 Å². The minimum Gasteiger partial charge on any atom is -0.149 e. The van der Waals surface area contributed by atoms with E-state index in [1.807, 2.05) is 11.3 Å². The summed E-state index contributed by atoms with van der Waals surface area (Å²) >= 11 is 8.77. The largest absolute Gasteiger partial charge is 0.149 e. The first-order valence-electron chi connectivity index (χ1n) is 7.40. The molecule has 2 heteroatoms. The van der Waals surface area contributed by atoms with Crippen molar-refractivity contribution in [2.45, 2.75) is 50.3 Å². The SMILES string of the molecule is ClC(Cc1cccs1)C12CC3CC(CC(C3)C1)C2. The smallest absolute Gasteiger partial charge is 0.0440 e. The van der Waals surface area contributed by atoms with Crippen molar-refractivity contribution in [1.29, 1.82) is 0 Å². The Balaban J connectivity index is 1.56. The Morgan fingerprint density at radius 3 is 2.28 bits per heavy atom. The molecule has 1 aromatic heterocycles. The van der Waals surface area contributed by atoms with E-state index >= 15 is 0 Å². The highest BCUT2D eigenvalue weighted by atomic mass is 35.5. The minimum absolute atomic E-state index is 0.379. The van der Waals surface area contributed by atoms with Crippen molar-refractivity contribution < 1.29 is 0 Å². The van der Waals surface area contributed by atoms with Crippen LogP contribution in [0.15, 0.2) is 17.5 Å². The molecule has 0 nitrogen and oxygen atoms in total. The van der Waals surface area contributed by atoms with Crippen LogP contribution in [0.25, 0.3) is 0 Å². The molecule has 0 aliphatic heterocycles. The van der Waals surface area contributed by atoms with Crippen LogP contribution in [0, 0.1) is 23.2 Å². The lowest BCUT2D eigenvalue weighted by Gasteiger charge is -2.58. The van der Waals surface area contributed by atoms with Gasteiger partial charge in [-0.25, -0.2) is 0 Å². The van der Waals surface area contributed by atoms with Crippen molar-refractivity contribution in [2.24, 2.45) is 23.2 Å². The zero-order valence-electron chi connectivity index (χ0n) is 10.8. The minimum atomic E-state index is 0.379. The third-order valence-corrected chi connectivity index (χ3v) is 7.23. The lowest BCUT2D eigenvalue weighted by molar-refractivity contribution is -0.0544. The zero-order valence-corrected chi connectivity index (χ0v) is 12.3. The van der Waals surface area contributed by atoms with Gasteiger partial charge in [0.15, 0.2) is 0 Å². The Labute approximate surface area is 119 Å². The summed E-state index contributed by atoms with van der Waals surface area (Å²) < 4.78 is 0. The predicted octanol–water partition coefficient (Wildman–Crippen LogP) is 5.11. The summed E-state index contributed by atoms with van der Waals surface area (Å²) in [6, 6.07) is 4.41. The maximum absolute atomic E-state index is 6.90. The normalized spacial score (nSPS) is 43.3. The summed E-state index contributed by atoms with van der Waals surface area (Å²) in [6.45, 7) is 0. The van der Waals surface area contributed by atoms with Crippen molar-refractivity contribution >= 4 is 22.9 Å². The molecule has 0 saturated heterocycles. The zero-order chi connectivity index (χ0) is 12.2. The second kappa shape index (κ2) is 4.24. The van der Waals surface area contributed by atoms with Gasteiger partial charge in [0, 0.05) is 10.3 Å². The predicted molar refractivity (Wildman–Crippen MR) is 78.3 cm³/mol. The quantitative estimate of drug-likeness (QED) is 0.675. The van der Waals surface area contributed by atoms with Gasteiger partial charge in [-0.2, -0.15) is 0 Å². The third kappa shape index (κ3) is 1.86. The summed E-state index contributed by atoms with van der Waals surface area (Å²) in [5, 5.41) is 2.56. The van der Waals surface area contributed by atoms with Gasteiger partial charge >= 0.3 is 0 Å². The highest BCUT2D eigenvalue weighted by Gasteiger charge is 2.53. The van der Waals surface area contributed by atoms with Gasteiger partial charge in [0.25, 0.3) is 0 Å². The summed E-state index contributed by atoms with van der Waals surface area (Å²) in [4.78, 5) is 1.48. The van der Waals surface area contributed by atoms with Crippen LogP contribution < -0.4 is 0 Å². The molecule has 4 saturated carbocycles. The Kier molecular flexibility index (Phi) is 2.78. The second-order valence-corrected chi connectivity index (χ2v) is 8.59. The first kappa shape index (κ1) is 11.8. The fraction of sp³-hybridized carbons (Fsp3) is 0.750. The fourth-order valence-corrected chi connectivity index (χ4v) is 6.66. The molecule has 98 valence electrons. The van der Waals surface area contributed by atoms with Crippen molar-refractivity contribution in [3.8, 4) is 0 Å². The molecule has 4 bridgehead atoms. The van der Waals surface area contributed by atoms with Gasteiger partial charge in [0.2, 0.25) is 0 Å². The Morgan fingerprint density at radius 1 is 1.17 bits per heavy atom. The Bertz CT molecular complexity index is 387. The highest BCUT2D eigenvalue weighted by molar-refractivity contribution is 7.09. The van der Waals surface area contributed by atoms with Crippen LogP contribution in [0.1, 0.15) is 43.4 Å². The first-order valence-corrected chi connectivity index (χ1v) is 8.71. The maximum atomic E-state index is 6.90. The summed E-state index contributed by atoms with van der Waals surface area (Å²) in [7, 11) is 0. The molecule has 5 rings (SSSR count). The van der Waals surface area contributed by atoms with Crippen molar-refractivity contribution in [2.75, 3.05) is 0 Å². The molecular weight excluding hydrogens is 260 g/mol. The molecule has 4 aliphatic rings. The summed E-state index contributed by atoms with van der Waals surface area (Å²) in [5.41, 5.74) is 0.500. The first-order chi connectivity index (χ1) is 8.73. The molecule has 4 fully saturated rings. The van der Waals surface area contributed by atoms with Crippen LogP contribution in [0.3, 0.4) is 0 Å². The van der Waals surface area contributed by atoms with E-state index in [9.17, 15) is 0 Å². The lowest BCUT2D eigenvalue weighted by atomic mass is 9.48. The number of hydrogen-bond acceptors (Lipinski definition) is 1.